The Morgan fingerprint density at radius 1 is 1.32 bits per heavy atom. The summed E-state index contributed by atoms with van der Waals surface area (Å²) in [5.41, 5.74) is 1.81. The zero-order valence-electron chi connectivity index (χ0n) is 14.9. The molecule has 0 saturated carbocycles. The first-order chi connectivity index (χ1) is 13.3. The number of hydrazone groups is 1. The number of fused-ring (bicyclic) bond motifs is 1. The van der Waals surface area contributed by atoms with Gasteiger partial charge in [-0.05, 0) is 0 Å². The molecule has 3 rings (SSSR count). The summed E-state index contributed by atoms with van der Waals surface area (Å²) in [6.45, 7) is -0.254. The number of nitrogens with one attached hydrogen (secondary N) is 1. The van der Waals surface area contributed by atoms with E-state index in [4.69, 9.17) is 0 Å². The van der Waals surface area contributed by atoms with E-state index in [9.17, 15) is 24.5 Å². The summed E-state index contributed by atoms with van der Waals surface area (Å²) in [5.74, 6) is -0.545. The van der Waals surface area contributed by atoms with Gasteiger partial charge in [-0.15, -0.1) is 0 Å². The van der Waals surface area contributed by atoms with Gasteiger partial charge in [0.2, 0.25) is 0 Å². The maximum atomic E-state index is 12.3. The molecule has 0 unspecified atom stereocenters. The number of amides is 1. The van der Waals surface area contributed by atoms with Crippen LogP contribution in [0.4, 0.5) is 5.69 Å². The molecule has 0 saturated heterocycles. The molecule has 2 heterocycles. The van der Waals surface area contributed by atoms with E-state index in [1.54, 1.807) is 6.07 Å². The molecule has 12 nitrogen and oxygen atoms in total. The Morgan fingerprint density at radius 2 is 2.07 bits per heavy atom. The normalized spacial score (nSPS) is 11.2. The number of hydrogen-bond acceptors (Lipinski definition) is 7. The summed E-state index contributed by atoms with van der Waals surface area (Å²) in [4.78, 5) is 50.6. The number of nitrogens with zero attached hydrogens (tertiary/aromatic N) is 6. The molecular weight excluding hydrogens is 370 g/mol. The lowest BCUT2D eigenvalue weighted by Gasteiger charge is -2.05. The van der Waals surface area contributed by atoms with Crippen LogP contribution in [-0.2, 0) is 25.4 Å². The van der Waals surface area contributed by atoms with Gasteiger partial charge in [-0.3, -0.25) is 28.8 Å². The van der Waals surface area contributed by atoms with Crippen LogP contribution in [0.5, 0.6) is 0 Å². The number of hydrogen-bond donors (Lipinski definition) is 1. The molecule has 0 bridgehead atoms. The second-order valence-corrected chi connectivity index (χ2v) is 5.90. The van der Waals surface area contributed by atoms with E-state index in [0.717, 1.165) is 4.57 Å². The van der Waals surface area contributed by atoms with Crippen molar-refractivity contribution < 1.29 is 9.72 Å². The monoisotopic (exact) mass is 385 g/mol. The highest BCUT2D eigenvalue weighted by atomic mass is 16.6. The minimum Gasteiger partial charge on any atom is -0.315 e. The Bertz CT molecular complexity index is 1230. The predicted molar refractivity (Wildman–Crippen MR) is 99.0 cm³/mol. The van der Waals surface area contributed by atoms with Crippen molar-refractivity contribution in [2.75, 3.05) is 0 Å². The van der Waals surface area contributed by atoms with E-state index < -0.39 is 22.1 Å². The molecule has 0 radical (unpaired) electrons. The minimum atomic E-state index is -0.566. The van der Waals surface area contributed by atoms with Crippen molar-refractivity contribution >= 4 is 29.0 Å². The zero-order chi connectivity index (χ0) is 20.4. The van der Waals surface area contributed by atoms with Crippen molar-refractivity contribution in [3.8, 4) is 0 Å². The Balaban J connectivity index is 1.77. The maximum absolute atomic E-state index is 12.3. The lowest BCUT2D eigenvalue weighted by atomic mass is 10.2. The summed E-state index contributed by atoms with van der Waals surface area (Å²) in [5, 5.41) is 14.5. The smallest absolute Gasteiger partial charge is 0.315 e. The molecule has 1 amide bonds. The van der Waals surface area contributed by atoms with Gasteiger partial charge in [0.05, 0.1) is 17.5 Å². The molecule has 0 aliphatic carbocycles. The molecule has 0 fully saturated rings. The maximum Gasteiger partial charge on any atom is 0.332 e. The molecule has 144 valence electrons. The fourth-order valence-electron chi connectivity index (χ4n) is 2.60. The van der Waals surface area contributed by atoms with E-state index in [-0.39, 0.29) is 23.4 Å². The second-order valence-electron chi connectivity index (χ2n) is 5.90. The van der Waals surface area contributed by atoms with E-state index >= 15 is 0 Å². The highest BCUT2D eigenvalue weighted by molar-refractivity contribution is 5.83. The van der Waals surface area contributed by atoms with Crippen molar-refractivity contribution in [2.45, 2.75) is 6.54 Å². The number of nitro benzene ring substituents is 1. The van der Waals surface area contributed by atoms with Crippen LogP contribution in [0.2, 0.25) is 0 Å². The Hall–Kier alpha value is -4.09. The van der Waals surface area contributed by atoms with E-state index in [1.165, 1.54) is 54.0 Å². The number of aryl methyl sites for hydroxylation is 1. The Labute approximate surface area is 156 Å². The molecule has 0 spiro atoms. The van der Waals surface area contributed by atoms with E-state index in [1.807, 2.05) is 0 Å². The highest BCUT2D eigenvalue weighted by Gasteiger charge is 2.15. The van der Waals surface area contributed by atoms with Crippen molar-refractivity contribution in [1.82, 2.24) is 24.1 Å². The number of benzene rings is 1. The highest BCUT2D eigenvalue weighted by Crippen LogP contribution is 2.11. The molecule has 0 atom stereocenters. The van der Waals surface area contributed by atoms with Crippen LogP contribution in [0.15, 0.2) is 45.3 Å². The molecule has 1 N–H and O–H groups in total. The molecule has 0 aliphatic rings. The van der Waals surface area contributed by atoms with Crippen molar-refractivity contribution in [2.24, 2.45) is 19.2 Å². The van der Waals surface area contributed by atoms with Gasteiger partial charge in [0, 0.05) is 31.8 Å². The largest absolute Gasteiger partial charge is 0.332 e. The standard InChI is InChI=1S/C16H15N7O5/c1-20-14-13(15(25)21(2)16(20)26)22(9-17-14)8-12(24)19-18-7-10-4-3-5-11(6-10)23(27)28/h3-7,9H,8H2,1-2H3,(H,19,24). The van der Waals surface area contributed by atoms with Crippen LogP contribution in [0.1, 0.15) is 5.56 Å². The zero-order valence-corrected chi connectivity index (χ0v) is 14.9. The van der Waals surface area contributed by atoms with E-state index in [0.29, 0.717) is 5.56 Å². The Morgan fingerprint density at radius 3 is 2.79 bits per heavy atom. The number of rotatable bonds is 5. The van der Waals surface area contributed by atoms with Crippen LogP contribution in [0, 0.1) is 10.1 Å². The van der Waals surface area contributed by atoms with Crippen LogP contribution in [0.25, 0.3) is 11.2 Å². The van der Waals surface area contributed by atoms with Gasteiger partial charge >= 0.3 is 5.69 Å². The molecule has 1 aromatic carbocycles. The minimum absolute atomic E-state index is 0.0957. The van der Waals surface area contributed by atoms with Gasteiger partial charge in [0.25, 0.3) is 17.2 Å². The molecular formula is C16H15N7O5. The van der Waals surface area contributed by atoms with Gasteiger partial charge in [0.1, 0.15) is 6.54 Å². The molecule has 0 aliphatic heterocycles. The molecule has 12 heteroatoms. The quantitative estimate of drug-likeness (QED) is 0.356. The average Bonchev–Trinajstić information content (AvgIpc) is 3.08. The van der Waals surface area contributed by atoms with Crippen LogP contribution in [-0.4, -0.2) is 35.7 Å². The van der Waals surface area contributed by atoms with Gasteiger partial charge in [-0.2, -0.15) is 5.10 Å². The van der Waals surface area contributed by atoms with Crippen LogP contribution in [0.3, 0.4) is 0 Å². The number of carbonyl (C=O) groups is 1. The Kier molecular flexibility index (Phi) is 4.85. The molecule has 2 aromatic heterocycles. The summed E-state index contributed by atoms with van der Waals surface area (Å²) in [7, 11) is 2.82. The van der Waals surface area contributed by atoms with Crippen molar-refractivity contribution in [3.05, 3.63) is 67.1 Å². The average molecular weight is 385 g/mol. The number of non-ortho nitro benzene ring substituents is 1. The summed E-state index contributed by atoms with van der Waals surface area (Å²) in [6.07, 6.45) is 2.55. The number of nitro groups is 1. The van der Waals surface area contributed by atoms with Gasteiger partial charge in [-0.25, -0.2) is 15.2 Å². The van der Waals surface area contributed by atoms with Gasteiger partial charge in [0.15, 0.2) is 11.2 Å². The third-order valence-electron chi connectivity index (χ3n) is 4.02. The first kappa shape index (κ1) is 18.7. The number of carbonyl (C=O) groups excluding carboxylic acids is 1. The van der Waals surface area contributed by atoms with Gasteiger partial charge < -0.3 is 4.57 Å². The summed E-state index contributed by atoms with van der Waals surface area (Å²) in [6, 6.07) is 5.74. The lowest BCUT2D eigenvalue weighted by molar-refractivity contribution is -0.384. The van der Waals surface area contributed by atoms with E-state index in [2.05, 4.69) is 15.5 Å². The fourth-order valence-corrected chi connectivity index (χ4v) is 2.60. The number of imidazole rings is 1. The molecule has 3 aromatic rings. The van der Waals surface area contributed by atoms with Crippen molar-refractivity contribution in [1.29, 1.82) is 0 Å². The number of aromatic nitrogens is 4. The topological polar surface area (TPSA) is 146 Å². The lowest BCUT2D eigenvalue weighted by Crippen LogP contribution is -2.38. The van der Waals surface area contributed by atoms with Gasteiger partial charge in [-0.1, -0.05) is 12.1 Å². The van der Waals surface area contributed by atoms with Crippen LogP contribution < -0.4 is 16.7 Å². The molecule has 28 heavy (non-hydrogen) atoms. The third kappa shape index (κ3) is 3.42. The first-order valence-corrected chi connectivity index (χ1v) is 7.97. The van der Waals surface area contributed by atoms with Crippen LogP contribution >= 0.6 is 0 Å². The SMILES string of the molecule is Cn1c(=O)c2c(ncn2CC(=O)NN=Cc2cccc([N+](=O)[O-])c2)n(C)c1=O. The van der Waals surface area contributed by atoms with Crippen molar-refractivity contribution in [3.63, 3.8) is 0 Å². The predicted octanol–water partition coefficient (Wildman–Crippen LogP) is -0.508. The fraction of sp³-hybridized carbons (Fsp3) is 0.188. The third-order valence-corrected chi connectivity index (χ3v) is 4.02. The first-order valence-electron chi connectivity index (χ1n) is 7.97. The second kappa shape index (κ2) is 7.26. The summed E-state index contributed by atoms with van der Waals surface area (Å²) >= 11 is 0. The summed E-state index contributed by atoms with van der Waals surface area (Å²) < 4.78 is 3.46.